The quantitative estimate of drug-likeness (QED) is 0.289. The molecule has 2 aliphatic rings. The van der Waals surface area contributed by atoms with Crippen molar-refractivity contribution in [2.24, 2.45) is 16.6 Å². The van der Waals surface area contributed by atoms with Gasteiger partial charge in [0.15, 0.2) is 17.5 Å². The van der Waals surface area contributed by atoms with Gasteiger partial charge in [-0.05, 0) is 47.6 Å². The maximum absolute atomic E-state index is 13.5. The summed E-state index contributed by atoms with van der Waals surface area (Å²) < 4.78 is 10.5. The first-order chi connectivity index (χ1) is 18.8. The Bertz CT molecular complexity index is 1290. The predicted molar refractivity (Wildman–Crippen MR) is 149 cm³/mol. The number of guanidine groups is 1. The van der Waals surface area contributed by atoms with Gasteiger partial charge in [0.05, 0.1) is 32.8 Å². The monoisotopic (exact) mass is 532 g/mol. The summed E-state index contributed by atoms with van der Waals surface area (Å²) in [4.78, 5) is 30.5. The molecule has 3 unspecified atom stereocenters. The number of ether oxygens (including phenoxy) is 2. The van der Waals surface area contributed by atoms with Crippen molar-refractivity contribution in [3.63, 3.8) is 0 Å². The molecule has 0 saturated heterocycles. The summed E-state index contributed by atoms with van der Waals surface area (Å²) in [5.74, 6) is 0.563. The lowest BCUT2D eigenvalue weighted by atomic mass is 9.92. The van der Waals surface area contributed by atoms with Crippen molar-refractivity contribution in [3.05, 3.63) is 83.0 Å². The third kappa shape index (κ3) is 7.06. The Kier molecular flexibility index (Phi) is 9.03. The molecule has 0 spiro atoms. The van der Waals surface area contributed by atoms with Gasteiger partial charge in [0, 0.05) is 6.42 Å². The van der Waals surface area contributed by atoms with Crippen LogP contribution in [0.2, 0.25) is 0 Å². The average molecular weight is 533 g/mol. The average Bonchev–Trinajstić information content (AvgIpc) is 3.22. The van der Waals surface area contributed by atoms with Crippen LogP contribution in [0.3, 0.4) is 0 Å². The minimum atomic E-state index is -0.905. The number of methoxy groups -OCH3 is 2. The standard InChI is InChI=1S/C30H36N4O5/c1-18-9-11-22-21(13-18)17-24(35)28(22)34-29(37)23(14-19-7-5-4-6-8-19)32-30(31)33-27(36)16-20-10-12-25(38-2)26(15-20)39-3/h4-12,15,18,23-24,28,35H,13-14,16-17H2,1-3H3,(H,34,37)(H3,31,32,33,36)/t18?,23-,24?,28?/m1/s1. The van der Waals surface area contributed by atoms with E-state index in [0.717, 1.165) is 17.6 Å². The van der Waals surface area contributed by atoms with Crippen molar-refractivity contribution in [3.8, 4) is 11.5 Å². The fraction of sp³-hybridized carbons (Fsp3) is 0.367. The van der Waals surface area contributed by atoms with Gasteiger partial charge >= 0.3 is 0 Å². The van der Waals surface area contributed by atoms with Gasteiger partial charge in [0.2, 0.25) is 11.8 Å². The minimum absolute atomic E-state index is 0.0298. The summed E-state index contributed by atoms with van der Waals surface area (Å²) in [6.45, 7) is 2.13. The number of hydrogen-bond acceptors (Lipinski definition) is 6. The van der Waals surface area contributed by atoms with Crippen LogP contribution in [0.1, 0.15) is 30.9 Å². The fourth-order valence-electron chi connectivity index (χ4n) is 5.08. The Labute approximate surface area is 228 Å². The van der Waals surface area contributed by atoms with Crippen LogP contribution in [0.25, 0.3) is 0 Å². The van der Waals surface area contributed by atoms with E-state index in [-0.39, 0.29) is 30.6 Å². The number of aliphatic hydroxyl groups is 1. The molecule has 0 fully saturated rings. The summed E-state index contributed by atoms with van der Waals surface area (Å²) in [6, 6.07) is 13.2. The second-order valence-electron chi connectivity index (χ2n) is 9.99. The van der Waals surface area contributed by atoms with E-state index in [1.807, 2.05) is 36.4 Å². The third-order valence-corrected chi connectivity index (χ3v) is 7.00. The summed E-state index contributed by atoms with van der Waals surface area (Å²) in [7, 11) is 3.07. The van der Waals surface area contributed by atoms with Gasteiger partial charge in [-0.1, -0.05) is 61.0 Å². The first-order valence-electron chi connectivity index (χ1n) is 13.0. The largest absolute Gasteiger partial charge is 0.493 e. The number of allylic oxidation sites excluding steroid dienone is 1. The zero-order chi connectivity index (χ0) is 27.9. The van der Waals surface area contributed by atoms with E-state index in [1.54, 1.807) is 25.3 Å². The fourth-order valence-corrected chi connectivity index (χ4v) is 5.08. The normalized spacial score (nSPS) is 21.2. The number of rotatable bonds is 9. The molecule has 2 aliphatic carbocycles. The highest BCUT2D eigenvalue weighted by Gasteiger charge is 2.36. The number of aliphatic hydroxyl groups excluding tert-OH is 1. The van der Waals surface area contributed by atoms with Crippen LogP contribution < -0.4 is 25.8 Å². The van der Waals surface area contributed by atoms with Crippen LogP contribution in [0.5, 0.6) is 11.5 Å². The Morgan fingerprint density at radius 3 is 2.54 bits per heavy atom. The van der Waals surface area contributed by atoms with Crippen LogP contribution in [0, 0.1) is 5.92 Å². The molecule has 9 heteroatoms. The highest BCUT2D eigenvalue weighted by atomic mass is 16.5. The number of nitrogens with zero attached hydrogens (tertiary/aromatic N) is 1. The van der Waals surface area contributed by atoms with Crippen LogP contribution in [0.4, 0.5) is 0 Å². The molecular formula is C30H36N4O5. The Morgan fingerprint density at radius 2 is 1.82 bits per heavy atom. The SMILES string of the molecule is COc1ccc(CC(=O)NC(N)=N[C@H](Cc2ccccc2)C(=O)NC2C3=C(CC(C)C=C3)CC2O)cc1OC. The molecule has 2 amide bonds. The maximum atomic E-state index is 13.5. The lowest BCUT2D eigenvalue weighted by Gasteiger charge is -2.23. The van der Waals surface area contributed by atoms with Gasteiger partial charge in [0.25, 0.3) is 0 Å². The zero-order valence-electron chi connectivity index (χ0n) is 22.5. The molecule has 4 rings (SSSR count). The first kappa shape index (κ1) is 27.9. The number of carbonyl (C=O) groups excluding carboxylic acids is 2. The van der Waals surface area contributed by atoms with Gasteiger partial charge in [0.1, 0.15) is 6.04 Å². The van der Waals surface area contributed by atoms with Gasteiger partial charge in [-0.3, -0.25) is 14.9 Å². The van der Waals surface area contributed by atoms with E-state index in [9.17, 15) is 14.7 Å². The first-order valence-corrected chi connectivity index (χ1v) is 13.0. The van der Waals surface area contributed by atoms with E-state index in [1.165, 1.54) is 12.7 Å². The number of amides is 2. The van der Waals surface area contributed by atoms with E-state index in [2.05, 4.69) is 28.6 Å². The van der Waals surface area contributed by atoms with Crippen LogP contribution >= 0.6 is 0 Å². The molecule has 9 nitrogen and oxygen atoms in total. The van der Waals surface area contributed by atoms with Gasteiger partial charge in [-0.25, -0.2) is 4.99 Å². The second kappa shape index (κ2) is 12.6. The molecule has 0 bridgehead atoms. The van der Waals surface area contributed by atoms with Crippen molar-refractivity contribution in [1.82, 2.24) is 10.6 Å². The molecule has 2 aromatic rings. The lowest BCUT2D eigenvalue weighted by molar-refractivity contribution is -0.123. The number of nitrogens with one attached hydrogen (secondary N) is 2. The smallest absolute Gasteiger partial charge is 0.245 e. The van der Waals surface area contributed by atoms with Crippen molar-refractivity contribution in [1.29, 1.82) is 0 Å². The highest BCUT2D eigenvalue weighted by molar-refractivity contribution is 5.98. The van der Waals surface area contributed by atoms with Gasteiger partial charge in [-0.15, -0.1) is 0 Å². The summed E-state index contributed by atoms with van der Waals surface area (Å²) in [5, 5.41) is 16.3. The van der Waals surface area contributed by atoms with Crippen molar-refractivity contribution < 1.29 is 24.2 Å². The third-order valence-electron chi connectivity index (χ3n) is 7.00. The Balaban J connectivity index is 1.47. The second-order valence-corrected chi connectivity index (χ2v) is 9.99. The van der Waals surface area contributed by atoms with E-state index < -0.39 is 18.2 Å². The van der Waals surface area contributed by atoms with E-state index >= 15 is 0 Å². The van der Waals surface area contributed by atoms with Gasteiger partial charge in [-0.2, -0.15) is 0 Å². The molecular weight excluding hydrogens is 496 g/mol. The number of aliphatic imine (C=N–C) groups is 1. The lowest BCUT2D eigenvalue weighted by Crippen LogP contribution is -2.47. The summed E-state index contributed by atoms with van der Waals surface area (Å²) in [5.41, 5.74) is 9.83. The number of hydrogen-bond donors (Lipinski definition) is 4. The molecule has 206 valence electrons. The molecule has 2 aromatic carbocycles. The molecule has 5 N–H and O–H groups in total. The van der Waals surface area contributed by atoms with Crippen molar-refractivity contribution >= 4 is 17.8 Å². The minimum Gasteiger partial charge on any atom is -0.493 e. The van der Waals surface area contributed by atoms with Crippen LogP contribution in [0.15, 0.2) is 76.8 Å². The Hall–Kier alpha value is -4.11. The molecule has 39 heavy (non-hydrogen) atoms. The molecule has 4 atom stereocenters. The topological polar surface area (TPSA) is 135 Å². The number of benzene rings is 2. The van der Waals surface area contributed by atoms with Crippen molar-refractivity contribution in [2.45, 2.75) is 50.8 Å². The van der Waals surface area contributed by atoms with E-state index in [4.69, 9.17) is 15.2 Å². The zero-order valence-corrected chi connectivity index (χ0v) is 22.5. The molecule has 0 heterocycles. The molecule has 0 radical (unpaired) electrons. The van der Waals surface area contributed by atoms with Crippen LogP contribution in [-0.2, 0) is 22.4 Å². The van der Waals surface area contributed by atoms with Gasteiger partial charge < -0.3 is 25.6 Å². The maximum Gasteiger partial charge on any atom is 0.245 e. The number of carbonyl (C=O) groups is 2. The predicted octanol–water partition coefficient (Wildman–Crippen LogP) is 2.43. The molecule has 0 aromatic heterocycles. The van der Waals surface area contributed by atoms with Crippen LogP contribution in [-0.4, -0.2) is 55.3 Å². The Morgan fingerprint density at radius 1 is 1.08 bits per heavy atom. The van der Waals surface area contributed by atoms with E-state index in [0.29, 0.717) is 29.4 Å². The number of nitrogens with two attached hydrogens (primary N) is 1. The summed E-state index contributed by atoms with van der Waals surface area (Å²) in [6.07, 6.45) is 5.12. The molecule has 0 saturated carbocycles. The van der Waals surface area contributed by atoms with Crippen molar-refractivity contribution in [2.75, 3.05) is 14.2 Å². The summed E-state index contributed by atoms with van der Waals surface area (Å²) >= 11 is 0. The molecule has 0 aliphatic heterocycles. The highest BCUT2D eigenvalue weighted by Crippen LogP contribution is 2.36.